The van der Waals surface area contributed by atoms with Gasteiger partial charge in [0.25, 0.3) is 0 Å². The van der Waals surface area contributed by atoms with E-state index in [1.165, 1.54) is 0 Å². The Kier molecular flexibility index (Phi) is 13.1. The van der Waals surface area contributed by atoms with Crippen molar-refractivity contribution in [2.75, 3.05) is 30.8 Å². The minimum Gasteiger partial charge on any atom is -0.305 e. The molecule has 1 nitrogen and oxygen atoms in total. The van der Waals surface area contributed by atoms with E-state index >= 15 is 0 Å². The van der Waals surface area contributed by atoms with E-state index in [0.29, 0.717) is 0 Å². The standard InChI is InChI=1S/C5H11Br2N.ClH/c1-8(4-2-6)5-3-7;/h2-5H2,1H3;1H. The molecular weight excluding hydrogens is 269 g/mol. The zero-order valence-corrected chi connectivity index (χ0v) is 9.43. The summed E-state index contributed by atoms with van der Waals surface area (Å²) in [7, 11) is 2.11. The van der Waals surface area contributed by atoms with Crippen molar-refractivity contribution in [1.29, 1.82) is 0 Å². The average molecular weight is 281 g/mol. The third-order valence-electron chi connectivity index (χ3n) is 0.932. The summed E-state index contributed by atoms with van der Waals surface area (Å²) >= 11 is 6.73. The Morgan fingerprint density at radius 3 is 1.67 bits per heavy atom. The Morgan fingerprint density at radius 1 is 1.11 bits per heavy atom. The van der Waals surface area contributed by atoms with Crippen LogP contribution in [0.3, 0.4) is 0 Å². The van der Waals surface area contributed by atoms with Gasteiger partial charge in [0, 0.05) is 23.7 Å². The first kappa shape index (κ1) is 12.8. The van der Waals surface area contributed by atoms with Crippen molar-refractivity contribution < 1.29 is 0 Å². The van der Waals surface area contributed by atoms with Crippen molar-refractivity contribution >= 4 is 44.3 Å². The molecule has 0 aromatic carbocycles. The number of alkyl halides is 2. The van der Waals surface area contributed by atoms with Gasteiger partial charge in [-0.05, 0) is 7.05 Å². The molecule has 0 amide bonds. The van der Waals surface area contributed by atoms with Gasteiger partial charge in [-0.25, -0.2) is 0 Å². The van der Waals surface area contributed by atoms with Crippen LogP contribution in [0.2, 0.25) is 0 Å². The number of hydrogen-bond donors (Lipinski definition) is 0. The molecule has 0 saturated heterocycles. The zero-order valence-electron chi connectivity index (χ0n) is 5.44. The van der Waals surface area contributed by atoms with Crippen molar-refractivity contribution in [3.05, 3.63) is 0 Å². The molecule has 58 valence electrons. The van der Waals surface area contributed by atoms with Crippen molar-refractivity contribution in [3.8, 4) is 0 Å². The molecule has 0 saturated carbocycles. The highest BCUT2D eigenvalue weighted by Crippen LogP contribution is 1.88. The Bertz CT molecular complexity index is 48.2. The maximum atomic E-state index is 3.36. The first-order chi connectivity index (χ1) is 3.81. The van der Waals surface area contributed by atoms with Crippen LogP contribution in [0.4, 0.5) is 0 Å². The fraction of sp³-hybridized carbons (Fsp3) is 1.00. The van der Waals surface area contributed by atoms with E-state index in [-0.39, 0.29) is 12.4 Å². The molecule has 9 heavy (non-hydrogen) atoms. The van der Waals surface area contributed by atoms with Gasteiger partial charge in [0.05, 0.1) is 0 Å². The monoisotopic (exact) mass is 279 g/mol. The molecule has 0 bridgehead atoms. The third kappa shape index (κ3) is 9.21. The fourth-order valence-electron chi connectivity index (χ4n) is 0.400. The lowest BCUT2D eigenvalue weighted by Gasteiger charge is -2.11. The van der Waals surface area contributed by atoms with Crippen molar-refractivity contribution in [3.63, 3.8) is 0 Å². The van der Waals surface area contributed by atoms with Gasteiger partial charge in [-0.15, -0.1) is 12.4 Å². The lowest BCUT2D eigenvalue weighted by Crippen LogP contribution is -2.22. The Balaban J connectivity index is 0. The van der Waals surface area contributed by atoms with Crippen LogP contribution in [-0.4, -0.2) is 35.7 Å². The maximum Gasteiger partial charge on any atom is 0.0159 e. The molecule has 4 heteroatoms. The highest BCUT2D eigenvalue weighted by atomic mass is 79.9. The molecule has 0 aromatic rings. The average Bonchev–Trinajstić information content (AvgIpc) is 1.68. The van der Waals surface area contributed by atoms with E-state index in [0.717, 1.165) is 23.7 Å². The van der Waals surface area contributed by atoms with Gasteiger partial charge in [0.15, 0.2) is 0 Å². The number of rotatable bonds is 4. The lowest BCUT2D eigenvalue weighted by molar-refractivity contribution is 0.382. The van der Waals surface area contributed by atoms with Crippen LogP contribution in [0.15, 0.2) is 0 Å². The van der Waals surface area contributed by atoms with Gasteiger partial charge >= 0.3 is 0 Å². The van der Waals surface area contributed by atoms with Gasteiger partial charge in [-0.1, -0.05) is 31.9 Å². The first-order valence-electron chi connectivity index (χ1n) is 2.61. The molecule has 0 aliphatic heterocycles. The Morgan fingerprint density at radius 2 is 1.44 bits per heavy atom. The summed E-state index contributed by atoms with van der Waals surface area (Å²) in [6.07, 6.45) is 0. The highest BCUT2D eigenvalue weighted by Gasteiger charge is 1.91. The van der Waals surface area contributed by atoms with E-state index < -0.39 is 0 Å². The van der Waals surface area contributed by atoms with Gasteiger partial charge in [0.1, 0.15) is 0 Å². The quantitative estimate of drug-likeness (QED) is 0.714. The van der Waals surface area contributed by atoms with Crippen LogP contribution in [0.25, 0.3) is 0 Å². The summed E-state index contributed by atoms with van der Waals surface area (Å²) in [5.74, 6) is 0. The van der Waals surface area contributed by atoms with Crippen LogP contribution in [0.5, 0.6) is 0 Å². The summed E-state index contributed by atoms with van der Waals surface area (Å²) in [4.78, 5) is 2.27. The highest BCUT2D eigenvalue weighted by molar-refractivity contribution is 9.09. The minimum absolute atomic E-state index is 0. The van der Waals surface area contributed by atoms with E-state index in [1.807, 2.05) is 0 Å². The van der Waals surface area contributed by atoms with Crippen molar-refractivity contribution in [2.45, 2.75) is 0 Å². The van der Waals surface area contributed by atoms with Crippen LogP contribution < -0.4 is 0 Å². The zero-order chi connectivity index (χ0) is 6.41. The number of halogens is 3. The predicted molar refractivity (Wildman–Crippen MR) is 52.3 cm³/mol. The molecule has 0 rings (SSSR count). The predicted octanol–water partition coefficient (Wildman–Crippen LogP) is 2.13. The van der Waals surface area contributed by atoms with E-state index in [9.17, 15) is 0 Å². The van der Waals surface area contributed by atoms with E-state index in [4.69, 9.17) is 0 Å². The molecule has 0 unspecified atom stereocenters. The first-order valence-corrected chi connectivity index (χ1v) is 4.86. The normalized spacial score (nSPS) is 9.33. The summed E-state index contributed by atoms with van der Waals surface area (Å²) in [6.45, 7) is 2.26. The second-order valence-electron chi connectivity index (χ2n) is 1.68. The smallest absolute Gasteiger partial charge is 0.0159 e. The molecule has 0 aliphatic carbocycles. The topological polar surface area (TPSA) is 3.24 Å². The summed E-state index contributed by atoms with van der Waals surface area (Å²) < 4.78 is 0. The molecule has 0 aromatic heterocycles. The largest absolute Gasteiger partial charge is 0.305 e. The number of hydrogen-bond acceptors (Lipinski definition) is 1. The maximum absolute atomic E-state index is 3.36. The number of nitrogens with zero attached hydrogens (tertiary/aromatic N) is 1. The van der Waals surface area contributed by atoms with E-state index in [2.05, 4.69) is 43.8 Å². The Labute approximate surface area is 79.8 Å². The molecule has 0 atom stereocenters. The molecule has 0 aliphatic rings. The SMILES string of the molecule is CN(CCBr)CCBr.Cl. The molecular formula is C5H12Br2ClN. The van der Waals surface area contributed by atoms with Crippen LogP contribution in [-0.2, 0) is 0 Å². The summed E-state index contributed by atoms with van der Waals surface area (Å²) in [5.41, 5.74) is 0. The van der Waals surface area contributed by atoms with Crippen LogP contribution in [0, 0.1) is 0 Å². The third-order valence-corrected chi connectivity index (χ3v) is 1.64. The van der Waals surface area contributed by atoms with Gasteiger partial charge in [-0.3, -0.25) is 0 Å². The van der Waals surface area contributed by atoms with Gasteiger partial charge < -0.3 is 4.90 Å². The Hall–Kier alpha value is 1.21. The molecule has 0 fully saturated rings. The minimum atomic E-state index is 0. The van der Waals surface area contributed by atoms with Crippen LogP contribution in [0.1, 0.15) is 0 Å². The lowest BCUT2D eigenvalue weighted by atomic mass is 10.6. The molecule has 0 radical (unpaired) electrons. The van der Waals surface area contributed by atoms with Gasteiger partial charge in [0.2, 0.25) is 0 Å². The van der Waals surface area contributed by atoms with Gasteiger partial charge in [-0.2, -0.15) is 0 Å². The molecule has 0 heterocycles. The molecule has 0 spiro atoms. The second kappa shape index (κ2) is 9.21. The summed E-state index contributed by atoms with van der Waals surface area (Å²) in [5, 5.41) is 2.13. The molecule has 0 N–H and O–H groups in total. The second-order valence-corrected chi connectivity index (χ2v) is 3.27. The van der Waals surface area contributed by atoms with E-state index in [1.54, 1.807) is 0 Å². The van der Waals surface area contributed by atoms with Crippen LogP contribution >= 0.6 is 44.3 Å². The summed E-state index contributed by atoms with van der Waals surface area (Å²) in [6, 6.07) is 0. The van der Waals surface area contributed by atoms with Crippen molar-refractivity contribution in [1.82, 2.24) is 4.90 Å². The van der Waals surface area contributed by atoms with Crippen molar-refractivity contribution in [2.24, 2.45) is 0 Å². The fourth-order valence-corrected chi connectivity index (χ4v) is 1.61.